The Morgan fingerprint density at radius 3 is 2.88 bits per heavy atom. The SMILES string of the molecule is C[C@@H]1CCCCN1C1CN(C(=O)c2cc(-c3ccccn3)n[nH]2)C1. The quantitative estimate of drug-likeness (QED) is 0.939. The van der Waals surface area contributed by atoms with Gasteiger partial charge in [-0.2, -0.15) is 5.10 Å². The molecule has 0 saturated carbocycles. The summed E-state index contributed by atoms with van der Waals surface area (Å²) < 4.78 is 0. The Hall–Kier alpha value is -2.21. The van der Waals surface area contributed by atoms with E-state index in [2.05, 4.69) is 27.0 Å². The van der Waals surface area contributed by atoms with Crippen LogP contribution in [0.1, 0.15) is 36.7 Å². The zero-order valence-electron chi connectivity index (χ0n) is 14.0. The van der Waals surface area contributed by atoms with Gasteiger partial charge in [-0.25, -0.2) is 0 Å². The molecule has 1 amide bonds. The topological polar surface area (TPSA) is 65.1 Å². The number of hydrogen-bond donors (Lipinski definition) is 1. The summed E-state index contributed by atoms with van der Waals surface area (Å²) in [5.74, 6) is 0.0330. The molecule has 0 radical (unpaired) electrons. The van der Waals surface area contributed by atoms with E-state index in [1.54, 1.807) is 12.3 Å². The summed E-state index contributed by atoms with van der Waals surface area (Å²) in [7, 11) is 0. The minimum absolute atomic E-state index is 0.0330. The van der Waals surface area contributed by atoms with E-state index >= 15 is 0 Å². The van der Waals surface area contributed by atoms with E-state index in [1.807, 2.05) is 23.1 Å². The molecule has 2 fully saturated rings. The van der Waals surface area contributed by atoms with Gasteiger partial charge in [0, 0.05) is 31.4 Å². The van der Waals surface area contributed by atoms with Crippen LogP contribution < -0.4 is 0 Å². The van der Waals surface area contributed by atoms with Crippen LogP contribution in [0.25, 0.3) is 11.4 Å². The second-order valence-electron chi connectivity index (χ2n) is 6.83. The van der Waals surface area contributed by atoms with Crippen molar-refractivity contribution in [1.29, 1.82) is 0 Å². The molecule has 4 rings (SSSR count). The van der Waals surface area contributed by atoms with Gasteiger partial charge in [-0.3, -0.25) is 19.8 Å². The highest BCUT2D eigenvalue weighted by atomic mass is 16.2. The van der Waals surface area contributed by atoms with Crippen LogP contribution in [0.2, 0.25) is 0 Å². The van der Waals surface area contributed by atoms with Crippen molar-refractivity contribution in [1.82, 2.24) is 25.0 Å². The fraction of sp³-hybridized carbons (Fsp3) is 0.500. The smallest absolute Gasteiger partial charge is 0.271 e. The first-order valence-electron chi connectivity index (χ1n) is 8.74. The number of H-pyrrole nitrogens is 1. The molecule has 6 heteroatoms. The number of hydrogen-bond acceptors (Lipinski definition) is 4. The van der Waals surface area contributed by atoms with Gasteiger partial charge >= 0.3 is 0 Å². The molecule has 0 unspecified atom stereocenters. The fourth-order valence-electron chi connectivity index (χ4n) is 3.74. The molecule has 0 aliphatic carbocycles. The largest absolute Gasteiger partial charge is 0.334 e. The molecule has 24 heavy (non-hydrogen) atoms. The van der Waals surface area contributed by atoms with Crippen molar-refractivity contribution in [3.63, 3.8) is 0 Å². The molecular formula is C18H23N5O. The Balaban J connectivity index is 1.38. The predicted octanol–water partition coefficient (Wildman–Crippen LogP) is 2.17. The lowest BCUT2D eigenvalue weighted by Crippen LogP contribution is -2.63. The molecular weight excluding hydrogens is 302 g/mol. The van der Waals surface area contributed by atoms with Gasteiger partial charge in [-0.1, -0.05) is 12.5 Å². The number of nitrogens with one attached hydrogen (secondary N) is 1. The van der Waals surface area contributed by atoms with E-state index in [0.717, 1.165) is 18.8 Å². The maximum atomic E-state index is 12.6. The molecule has 1 atom stereocenters. The van der Waals surface area contributed by atoms with Gasteiger partial charge in [0.2, 0.25) is 0 Å². The van der Waals surface area contributed by atoms with E-state index in [4.69, 9.17) is 0 Å². The zero-order chi connectivity index (χ0) is 16.5. The Morgan fingerprint density at radius 2 is 2.12 bits per heavy atom. The number of nitrogens with zero attached hydrogens (tertiary/aromatic N) is 4. The Labute approximate surface area is 141 Å². The summed E-state index contributed by atoms with van der Waals surface area (Å²) in [6, 6.07) is 8.62. The van der Waals surface area contributed by atoms with Crippen LogP contribution in [0, 0.1) is 0 Å². The number of amides is 1. The highest BCUT2D eigenvalue weighted by Crippen LogP contribution is 2.25. The van der Waals surface area contributed by atoms with Crippen LogP contribution >= 0.6 is 0 Å². The van der Waals surface area contributed by atoms with Crippen molar-refractivity contribution in [2.75, 3.05) is 19.6 Å². The number of aromatic nitrogens is 3. The average molecular weight is 325 g/mol. The highest BCUT2D eigenvalue weighted by molar-refractivity contribution is 5.93. The van der Waals surface area contributed by atoms with Gasteiger partial charge in [0.15, 0.2) is 0 Å². The molecule has 0 bridgehead atoms. The molecule has 6 nitrogen and oxygen atoms in total. The van der Waals surface area contributed by atoms with Crippen molar-refractivity contribution in [3.05, 3.63) is 36.2 Å². The summed E-state index contributed by atoms with van der Waals surface area (Å²) in [4.78, 5) is 21.3. The summed E-state index contributed by atoms with van der Waals surface area (Å²) in [5.41, 5.74) is 2.03. The molecule has 2 aromatic rings. The van der Waals surface area contributed by atoms with Gasteiger partial charge in [0.05, 0.1) is 5.69 Å². The molecule has 1 N–H and O–H groups in total. The fourth-order valence-corrected chi connectivity index (χ4v) is 3.74. The monoisotopic (exact) mass is 325 g/mol. The molecule has 0 spiro atoms. The molecule has 2 aliphatic rings. The standard InChI is InChI=1S/C18H23N5O/c1-13-6-3-5-9-23(13)14-11-22(12-14)18(24)17-10-16(20-21-17)15-7-2-4-8-19-15/h2,4,7-8,10,13-14H,3,5-6,9,11-12H2,1H3,(H,20,21)/t13-/m1/s1. The molecule has 126 valence electrons. The van der Waals surface area contributed by atoms with Crippen LogP contribution in [0.15, 0.2) is 30.5 Å². The van der Waals surface area contributed by atoms with Crippen molar-refractivity contribution >= 4 is 5.91 Å². The first-order chi connectivity index (χ1) is 11.7. The normalized spacial score (nSPS) is 22.4. The van der Waals surface area contributed by atoms with Gasteiger partial charge in [-0.05, 0) is 44.5 Å². The molecule has 2 saturated heterocycles. The van der Waals surface area contributed by atoms with Crippen molar-refractivity contribution in [2.24, 2.45) is 0 Å². The van der Waals surface area contributed by atoms with Crippen molar-refractivity contribution in [3.8, 4) is 11.4 Å². The zero-order valence-corrected chi connectivity index (χ0v) is 14.0. The van der Waals surface area contributed by atoms with E-state index in [0.29, 0.717) is 23.5 Å². The first-order valence-corrected chi connectivity index (χ1v) is 8.74. The third-order valence-corrected chi connectivity index (χ3v) is 5.21. The third-order valence-electron chi connectivity index (χ3n) is 5.21. The number of carbonyl (C=O) groups is 1. The van der Waals surface area contributed by atoms with Gasteiger partial charge in [0.25, 0.3) is 5.91 Å². The summed E-state index contributed by atoms with van der Waals surface area (Å²) in [5, 5.41) is 7.09. The van der Waals surface area contributed by atoms with E-state index < -0.39 is 0 Å². The molecule has 4 heterocycles. The van der Waals surface area contributed by atoms with Crippen LogP contribution in [-0.2, 0) is 0 Å². The second-order valence-corrected chi connectivity index (χ2v) is 6.83. The van der Waals surface area contributed by atoms with Crippen molar-refractivity contribution in [2.45, 2.75) is 38.3 Å². The lowest BCUT2D eigenvalue weighted by Gasteiger charge is -2.49. The maximum Gasteiger partial charge on any atom is 0.271 e. The third kappa shape index (κ3) is 2.82. The Bertz CT molecular complexity index is 707. The van der Waals surface area contributed by atoms with E-state index in [9.17, 15) is 4.79 Å². The first kappa shape index (κ1) is 15.3. The predicted molar refractivity (Wildman–Crippen MR) is 91.5 cm³/mol. The van der Waals surface area contributed by atoms with Crippen LogP contribution in [0.4, 0.5) is 0 Å². The lowest BCUT2D eigenvalue weighted by molar-refractivity contribution is 0.00181. The summed E-state index contributed by atoms with van der Waals surface area (Å²) in [6.45, 7) is 5.11. The number of rotatable bonds is 3. The van der Waals surface area contributed by atoms with Crippen LogP contribution in [0.5, 0.6) is 0 Å². The van der Waals surface area contributed by atoms with Crippen molar-refractivity contribution < 1.29 is 4.79 Å². The van der Waals surface area contributed by atoms with Crippen LogP contribution in [-0.4, -0.2) is 62.6 Å². The Kier molecular flexibility index (Phi) is 4.06. The molecule has 0 aromatic carbocycles. The summed E-state index contributed by atoms with van der Waals surface area (Å²) >= 11 is 0. The summed E-state index contributed by atoms with van der Waals surface area (Å²) in [6.07, 6.45) is 5.62. The van der Waals surface area contributed by atoms with E-state index in [-0.39, 0.29) is 5.91 Å². The number of carbonyl (C=O) groups excluding carboxylic acids is 1. The van der Waals surface area contributed by atoms with Gasteiger partial charge in [0.1, 0.15) is 11.4 Å². The number of piperidine rings is 1. The number of likely N-dealkylation sites (tertiary alicyclic amines) is 2. The average Bonchev–Trinajstić information content (AvgIpc) is 3.06. The maximum absolute atomic E-state index is 12.6. The minimum atomic E-state index is 0.0330. The van der Waals surface area contributed by atoms with Gasteiger partial charge < -0.3 is 4.90 Å². The number of aromatic amines is 1. The number of pyridine rings is 1. The molecule has 2 aromatic heterocycles. The van der Waals surface area contributed by atoms with Crippen LogP contribution in [0.3, 0.4) is 0 Å². The lowest BCUT2D eigenvalue weighted by atomic mass is 9.97. The highest BCUT2D eigenvalue weighted by Gasteiger charge is 2.38. The van der Waals surface area contributed by atoms with Gasteiger partial charge in [-0.15, -0.1) is 0 Å². The Morgan fingerprint density at radius 1 is 1.25 bits per heavy atom. The second kappa shape index (κ2) is 6.36. The minimum Gasteiger partial charge on any atom is -0.334 e. The van der Waals surface area contributed by atoms with E-state index in [1.165, 1.54) is 25.8 Å². The molecule has 2 aliphatic heterocycles.